The fraction of sp³-hybridized carbons (Fsp3) is 0.0556. The highest BCUT2D eigenvalue weighted by Gasteiger charge is 2.25. The standard InChI is InChI=1S/C36H26ClN7O3/c37-31-15-17-33(43-23-38-40-41-43)32(19-31)29-14-16-34(44(47)22-29)35(18-24-6-8-26(9-7-24)25-4-2-1-3-5-25)42-21-30(20-39-42)27-10-12-28(13-11-27)36(45)46/h1-17,19-23,35H,18H2,(H,45,46). The van der Waals surface area contributed by atoms with Gasteiger partial charge in [0.05, 0.1) is 17.4 Å². The Balaban J connectivity index is 1.26. The second-order valence-electron chi connectivity index (χ2n) is 11.0. The Labute approximate surface area is 274 Å². The molecular formula is C36H26ClN7O3. The number of tetrazole rings is 1. The van der Waals surface area contributed by atoms with Crippen molar-refractivity contribution in [1.29, 1.82) is 0 Å². The maximum absolute atomic E-state index is 13.9. The minimum Gasteiger partial charge on any atom is -0.618 e. The Morgan fingerprint density at radius 3 is 2.26 bits per heavy atom. The van der Waals surface area contributed by atoms with Crippen molar-refractivity contribution in [2.24, 2.45) is 0 Å². The van der Waals surface area contributed by atoms with Crippen LogP contribution in [0, 0.1) is 5.21 Å². The van der Waals surface area contributed by atoms with E-state index in [9.17, 15) is 15.1 Å². The van der Waals surface area contributed by atoms with Crippen LogP contribution >= 0.6 is 11.6 Å². The quantitative estimate of drug-likeness (QED) is 0.138. The van der Waals surface area contributed by atoms with Crippen molar-refractivity contribution in [2.45, 2.75) is 12.5 Å². The smallest absolute Gasteiger partial charge is 0.335 e. The fourth-order valence-electron chi connectivity index (χ4n) is 5.60. The van der Waals surface area contributed by atoms with Gasteiger partial charge in [0, 0.05) is 40.4 Å². The van der Waals surface area contributed by atoms with Gasteiger partial charge in [-0.2, -0.15) is 14.5 Å². The van der Waals surface area contributed by atoms with Crippen LogP contribution in [0.1, 0.15) is 27.7 Å². The van der Waals surface area contributed by atoms with Gasteiger partial charge in [-0.05, 0) is 69.1 Å². The highest BCUT2D eigenvalue weighted by Crippen LogP contribution is 2.31. The van der Waals surface area contributed by atoms with Crippen LogP contribution in [0.3, 0.4) is 0 Å². The van der Waals surface area contributed by atoms with Gasteiger partial charge in [0.25, 0.3) is 0 Å². The lowest BCUT2D eigenvalue weighted by atomic mass is 9.98. The Hall–Kier alpha value is -6.13. The third-order valence-electron chi connectivity index (χ3n) is 8.03. The molecule has 0 fully saturated rings. The molecular weight excluding hydrogens is 614 g/mol. The van der Waals surface area contributed by atoms with Gasteiger partial charge < -0.3 is 10.3 Å². The highest BCUT2D eigenvalue weighted by atomic mass is 35.5. The van der Waals surface area contributed by atoms with Crippen LogP contribution in [0.4, 0.5) is 0 Å². The van der Waals surface area contributed by atoms with E-state index in [0.29, 0.717) is 34.0 Å². The number of aromatic carboxylic acids is 1. The van der Waals surface area contributed by atoms with Crippen LogP contribution in [0.5, 0.6) is 0 Å². The van der Waals surface area contributed by atoms with Crippen LogP contribution in [0.25, 0.3) is 39.1 Å². The first-order valence-electron chi connectivity index (χ1n) is 14.7. The first kappa shape index (κ1) is 29.6. The maximum Gasteiger partial charge on any atom is 0.335 e. The number of aromatic nitrogens is 7. The van der Waals surface area contributed by atoms with Crippen molar-refractivity contribution in [1.82, 2.24) is 30.0 Å². The van der Waals surface area contributed by atoms with Gasteiger partial charge in [0.1, 0.15) is 12.4 Å². The van der Waals surface area contributed by atoms with E-state index in [0.717, 1.165) is 32.5 Å². The average Bonchev–Trinajstić information content (AvgIpc) is 3.82. The first-order valence-corrected chi connectivity index (χ1v) is 15.1. The number of carboxylic acids is 1. The zero-order valence-electron chi connectivity index (χ0n) is 24.8. The molecule has 0 bridgehead atoms. The van der Waals surface area contributed by atoms with Crippen LogP contribution in [0.2, 0.25) is 5.02 Å². The van der Waals surface area contributed by atoms with E-state index < -0.39 is 12.0 Å². The van der Waals surface area contributed by atoms with Crippen molar-refractivity contribution >= 4 is 17.6 Å². The van der Waals surface area contributed by atoms with Crippen LogP contribution < -0.4 is 4.73 Å². The molecule has 230 valence electrons. The summed E-state index contributed by atoms with van der Waals surface area (Å²) in [6.45, 7) is 0. The van der Waals surface area contributed by atoms with Gasteiger partial charge >= 0.3 is 5.97 Å². The van der Waals surface area contributed by atoms with E-state index in [2.05, 4.69) is 57.0 Å². The van der Waals surface area contributed by atoms with Gasteiger partial charge in [0.15, 0.2) is 6.20 Å². The average molecular weight is 640 g/mol. The zero-order valence-corrected chi connectivity index (χ0v) is 25.5. The largest absolute Gasteiger partial charge is 0.618 e. The molecule has 10 nitrogen and oxygen atoms in total. The Morgan fingerprint density at radius 1 is 0.851 bits per heavy atom. The van der Waals surface area contributed by atoms with Gasteiger partial charge in [-0.15, -0.1) is 5.10 Å². The third kappa shape index (κ3) is 6.22. The zero-order chi connectivity index (χ0) is 32.3. The molecule has 3 heterocycles. The predicted molar refractivity (Wildman–Crippen MR) is 177 cm³/mol. The number of rotatable bonds is 9. The van der Waals surface area contributed by atoms with Crippen LogP contribution in [-0.4, -0.2) is 41.1 Å². The molecule has 0 radical (unpaired) electrons. The van der Waals surface area contributed by atoms with Gasteiger partial charge in [-0.3, -0.25) is 4.68 Å². The fourth-order valence-corrected chi connectivity index (χ4v) is 5.78. The molecule has 47 heavy (non-hydrogen) atoms. The second kappa shape index (κ2) is 12.7. The normalized spacial score (nSPS) is 11.8. The Bertz CT molecular complexity index is 2170. The summed E-state index contributed by atoms with van der Waals surface area (Å²) in [4.78, 5) is 11.4. The minimum atomic E-state index is -0.989. The highest BCUT2D eigenvalue weighted by molar-refractivity contribution is 6.31. The van der Waals surface area contributed by atoms with E-state index in [1.54, 1.807) is 59.4 Å². The molecule has 0 spiro atoms. The number of nitrogens with zero attached hydrogens (tertiary/aromatic N) is 7. The topological polar surface area (TPSA) is 126 Å². The second-order valence-corrected chi connectivity index (χ2v) is 11.4. The molecule has 0 aliphatic carbocycles. The molecule has 0 saturated heterocycles. The summed E-state index contributed by atoms with van der Waals surface area (Å²) in [6.07, 6.45) is 7.09. The van der Waals surface area contributed by atoms with Gasteiger partial charge in [-0.1, -0.05) is 78.3 Å². The Morgan fingerprint density at radius 2 is 1.55 bits per heavy atom. The lowest BCUT2D eigenvalue weighted by Crippen LogP contribution is -2.36. The molecule has 1 atom stereocenters. The molecule has 0 saturated carbocycles. The first-order chi connectivity index (χ1) is 22.9. The lowest BCUT2D eigenvalue weighted by molar-refractivity contribution is -0.615. The number of pyridine rings is 1. The van der Waals surface area contributed by atoms with Crippen molar-refractivity contribution in [2.75, 3.05) is 0 Å². The molecule has 1 N–H and O–H groups in total. The maximum atomic E-state index is 13.9. The third-order valence-corrected chi connectivity index (χ3v) is 8.26. The van der Waals surface area contributed by atoms with Crippen molar-refractivity contribution in [3.05, 3.63) is 161 Å². The number of carbonyl (C=O) groups is 1. The Kier molecular flexibility index (Phi) is 7.99. The summed E-state index contributed by atoms with van der Waals surface area (Å²) in [7, 11) is 0. The van der Waals surface area contributed by atoms with E-state index >= 15 is 0 Å². The van der Waals surface area contributed by atoms with Crippen molar-refractivity contribution in [3.8, 4) is 39.1 Å². The summed E-state index contributed by atoms with van der Waals surface area (Å²) in [5, 5.41) is 39.8. The molecule has 0 amide bonds. The number of benzene rings is 4. The molecule has 0 aliphatic heterocycles. The lowest BCUT2D eigenvalue weighted by Gasteiger charge is -2.18. The van der Waals surface area contributed by atoms with Crippen LogP contribution in [-0.2, 0) is 6.42 Å². The number of hydrogen-bond acceptors (Lipinski definition) is 6. The summed E-state index contributed by atoms with van der Waals surface area (Å²) >= 11 is 6.36. The number of halogens is 1. The number of hydrogen-bond donors (Lipinski definition) is 1. The van der Waals surface area contributed by atoms with Crippen LogP contribution in [0.15, 0.2) is 134 Å². The SMILES string of the molecule is O=C(O)c1ccc(-c2cnn(C(Cc3ccc(-c4ccccc4)cc3)c3ccc(-c4cc(Cl)ccc4-n4cnnn4)c[n+]3[O-])c2)cc1. The summed E-state index contributed by atoms with van der Waals surface area (Å²) in [5.41, 5.74) is 7.56. The van der Waals surface area contributed by atoms with E-state index in [1.165, 1.54) is 17.2 Å². The van der Waals surface area contributed by atoms with Gasteiger partial charge in [-0.25, -0.2) is 4.79 Å². The summed E-state index contributed by atoms with van der Waals surface area (Å²) < 4.78 is 4.16. The molecule has 4 aromatic carbocycles. The summed E-state index contributed by atoms with van der Waals surface area (Å²) in [5.74, 6) is -0.989. The van der Waals surface area contributed by atoms with E-state index in [1.807, 2.05) is 30.5 Å². The van der Waals surface area contributed by atoms with Crippen molar-refractivity contribution < 1.29 is 14.6 Å². The molecule has 7 aromatic rings. The van der Waals surface area contributed by atoms with Crippen molar-refractivity contribution in [3.63, 3.8) is 0 Å². The van der Waals surface area contributed by atoms with E-state index in [-0.39, 0.29) is 5.56 Å². The molecule has 11 heteroatoms. The van der Waals surface area contributed by atoms with Gasteiger partial charge in [0.2, 0.25) is 5.69 Å². The molecule has 0 aliphatic rings. The van der Waals surface area contributed by atoms with E-state index in [4.69, 9.17) is 11.6 Å². The monoisotopic (exact) mass is 639 g/mol. The predicted octanol–water partition coefficient (Wildman–Crippen LogP) is 6.68. The molecule has 3 aromatic heterocycles. The molecule has 1 unspecified atom stereocenters. The summed E-state index contributed by atoms with van der Waals surface area (Å²) in [6, 6.07) is 33.6. The molecule has 7 rings (SSSR count). The number of carboxylic acid groups (broad SMARTS) is 1. The minimum absolute atomic E-state index is 0.202.